The molecule has 0 saturated carbocycles. The van der Waals surface area contributed by atoms with Gasteiger partial charge in [-0.25, -0.2) is 13.2 Å². The molecule has 0 bridgehead atoms. The van der Waals surface area contributed by atoms with Crippen LogP contribution < -0.4 is 4.90 Å². The van der Waals surface area contributed by atoms with E-state index in [0.717, 1.165) is 12.4 Å². The van der Waals surface area contributed by atoms with Crippen molar-refractivity contribution in [2.45, 2.75) is 12.8 Å². The van der Waals surface area contributed by atoms with E-state index in [4.69, 9.17) is 0 Å². The summed E-state index contributed by atoms with van der Waals surface area (Å²) in [4.78, 5) is 12.2. The molecule has 1 heterocycles. The summed E-state index contributed by atoms with van der Waals surface area (Å²) in [5.41, 5.74) is 0.0632. The van der Waals surface area contributed by atoms with Crippen molar-refractivity contribution in [3.63, 3.8) is 0 Å². The van der Waals surface area contributed by atoms with E-state index < -0.39 is 17.5 Å². The van der Waals surface area contributed by atoms with Crippen LogP contribution in [0.15, 0.2) is 12.1 Å². The van der Waals surface area contributed by atoms with Gasteiger partial charge in [-0.15, -0.1) is 0 Å². The quantitative estimate of drug-likeness (QED) is 0.587. The third-order valence-corrected chi connectivity index (χ3v) is 3.06. The van der Waals surface area contributed by atoms with Crippen LogP contribution in [-0.4, -0.2) is 19.4 Å². The first-order chi connectivity index (χ1) is 8.11. The van der Waals surface area contributed by atoms with Crippen LogP contribution in [0.2, 0.25) is 0 Å². The minimum Gasteiger partial charge on any atom is -0.369 e. The van der Waals surface area contributed by atoms with Crippen LogP contribution >= 0.6 is 0 Å². The molecule has 1 aromatic rings. The lowest BCUT2D eigenvalue weighted by molar-refractivity contribution is -0.111. The highest BCUT2D eigenvalue weighted by Gasteiger charge is 2.22. The van der Waals surface area contributed by atoms with Crippen molar-refractivity contribution in [3.05, 3.63) is 29.6 Å². The predicted molar refractivity (Wildman–Crippen MR) is 57.3 cm³/mol. The molecule has 0 unspecified atom stereocenters. The molecule has 0 amide bonds. The van der Waals surface area contributed by atoms with Crippen molar-refractivity contribution in [2.24, 2.45) is 5.92 Å². The molecule has 0 atom stereocenters. The lowest BCUT2D eigenvalue weighted by Crippen LogP contribution is -2.34. The standard InChI is InChI=1S/C12H12F3NO/c13-9-5-11(15)12(6-10(9)14)16-3-1-8(7-17)2-4-16/h5-8H,1-4H2. The van der Waals surface area contributed by atoms with Crippen molar-refractivity contribution >= 4 is 12.0 Å². The molecule has 2 nitrogen and oxygen atoms in total. The molecule has 0 aliphatic carbocycles. The number of rotatable bonds is 2. The third kappa shape index (κ3) is 2.43. The van der Waals surface area contributed by atoms with Crippen LogP contribution in [0.25, 0.3) is 0 Å². The molecule has 0 aromatic heterocycles. The lowest BCUT2D eigenvalue weighted by atomic mass is 9.98. The van der Waals surface area contributed by atoms with Crippen molar-refractivity contribution in [2.75, 3.05) is 18.0 Å². The zero-order chi connectivity index (χ0) is 12.4. The zero-order valence-electron chi connectivity index (χ0n) is 9.13. The van der Waals surface area contributed by atoms with Crippen LogP contribution in [0.5, 0.6) is 0 Å². The summed E-state index contributed by atoms with van der Waals surface area (Å²) in [7, 11) is 0. The fraction of sp³-hybridized carbons (Fsp3) is 0.417. The van der Waals surface area contributed by atoms with Crippen molar-refractivity contribution in [3.8, 4) is 0 Å². The average Bonchev–Trinajstić information content (AvgIpc) is 2.34. The molecule has 1 aliphatic heterocycles. The summed E-state index contributed by atoms with van der Waals surface area (Å²) in [5, 5.41) is 0. The van der Waals surface area contributed by atoms with Gasteiger partial charge in [-0.2, -0.15) is 0 Å². The second-order valence-corrected chi connectivity index (χ2v) is 4.18. The van der Waals surface area contributed by atoms with E-state index in [2.05, 4.69) is 0 Å². The molecule has 1 aliphatic rings. The number of hydrogen-bond donors (Lipinski definition) is 0. The molecule has 17 heavy (non-hydrogen) atoms. The normalized spacial score (nSPS) is 17.2. The Morgan fingerprint density at radius 1 is 1.06 bits per heavy atom. The maximum absolute atomic E-state index is 13.5. The van der Waals surface area contributed by atoms with E-state index in [9.17, 15) is 18.0 Å². The van der Waals surface area contributed by atoms with Gasteiger partial charge in [-0.05, 0) is 12.8 Å². The molecule has 0 spiro atoms. The van der Waals surface area contributed by atoms with Gasteiger partial charge in [-0.1, -0.05) is 0 Å². The highest BCUT2D eigenvalue weighted by molar-refractivity contribution is 5.55. The van der Waals surface area contributed by atoms with Crippen molar-refractivity contribution in [1.29, 1.82) is 0 Å². The molecule has 0 radical (unpaired) electrons. The van der Waals surface area contributed by atoms with E-state index in [1.807, 2.05) is 0 Å². The summed E-state index contributed by atoms with van der Waals surface area (Å²) in [5.74, 6) is -3.03. The highest BCUT2D eigenvalue weighted by atomic mass is 19.2. The Morgan fingerprint density at radius 3 is 2.24 bits per heavy atom. The Kier molecular flexibility index (Phi) is 3.36. The monoisotopic (exact) mass is 243 g/mol. The number of benzene rings is 1. The Balaban J connectivity index is 2.18. The van der Waals surface area contributed by atoms with Gasteiger partial charge in [0.1, 0.15) is 12.1 Å². The smallest absolute Gasteiger partial charge is 0.161 e. The first-order valence-electron chi connectivity index (χ1n) is 5.46. The fourth-order valence-electron chi connectivity index (χ4n) is 2.03. The number of nitrogens with zero attached hydrogens (tertiary/aromatic N) is 1. The summed E-state index contributed by atoms with van der Waals surface area (Å²) < 4.78 is 39.3. The van der Waals surface area contributed by atoms with E-state index in [1.54, 1.807) is 4.90 Å². The minimum atomic E-state index is -1.19. The molecular formula is C12H12F3NO. The van der Waals surface area contributed by atoms with Gasteiger partial charge in [-0.3, -0.25) is 0 Å². The molecule has 1 saturated heterocycles. The SMILES string of the molecule is O=CC1CCN(c2cc(F)c(F)cc2F)CC1. The van der Waals surface area contributed by atoms with Gasteiger partial charge in [0.25, 0.3) is 0 Å². The molecule has 0 N–H and O–H groups in total. The largest absolute Gasteiger partial charge is 0.369 e. The number of piperidine rings is 1. The summed E-state index contributed by atoms with van der Waals surface area (Å²) in [6.07, 6.45) is 2.11. The number of hydrogen-bond acceptors (Lipinski definition) is 2. The van der Waals surface area contributed by atoms with Crippen LogP contribution in [0, 0.1) is 23.4 Å². The molecule has 2 rings (SSSR count). The van der Waals surface area contributed by atoms with E-state index in [1.165, 1.54) is 0 Å². The Labute approximate surface area is 97.0 Å². The third-order valence-electron chi connectivity index (χ3n) is 3.06. The number of aldehydes is 1. The van der Waals surface area contributed by atoms with Gasteiger partial charge in [0.2, 0.25) is 0 Å². The van der Waals surface area contributed by atoms with Gasteiger partial charge in [0, 0.05) is 31.1 Å². The van der Waals surface area contributed by atoms with Crippen LogP contribution in [0.3, 0.4) is 0 Å². The van der Waals surface area contributed by atoms with Gasteiger partial charge >= 0.3 is 0 Å². The minimum absolute atomic E-state index is 0.0143. The number of halogens is 3. The first kappa shape index (κ1) is 12.0. The lowest BCUT2D eigenvalue weighted by Gasteiger charge is -2.31. The topological polar surface area (TPSA) is 20.3 Å². The Bertz CT molecular complexity index is 428. The van der Waals surface area contributed by atoms with E-state index in [-0.39, 0.29) is 11.6 Å². The number of anilines is 1. The van der Waals surface area contributed by atoms with Crippen molar-refractivity contribution in [1.82, 2.24) is 0 Å². The van der Waals surface area contributed by atoms with Crippen LogP contribution in [-0.2, 0) is 4.79 Å². The molecule has 5 heteroatoms. The maximum atomic E-state index is 13.5. The summed E-state index contributed by atoms with van der Waals surface area (Å²) in [6, 6.07) is 1.42. The van der Waals surface area contributed by atoms with Crippen molar-refractivity contribution < 1.29 is 18.0 Å². The number of carbonyl (C=O) groups excluding carboxylic acids is 1. The van der Waals surface area contributed by atoms with Gasteiger partial charge in [0.05, 0.1) is 5.69 Å². The highest BCUT2D eigenvalue weighted by Crippen LogP contribution is 2.26. The second-order valence-electron chi connectivity index (χ2n) is 4.18. The van der Waals surface area contributed by atoms with Gasteiger partial charge in [0.15, 0.2) is 11.6 Å². The number of carbonyl (C=O) groups is 1. The molecule has 92 valence electrons. The summed E-state index contributed by atoms with van der Waals surface area (Å²) in [6.45, 7) is 0.955. The summed E-state index contributed by atoms with van der Waals surface area (Å²) >= 11 is 0. The fourth-order valence-corrected chi connectivity index (χ4v) is 2.03. The Hall–Kier alpha value is -1.52. The van der Waals surface area contributed by atoms with Gasteiger partial charge < -0.3 is 9.69 Å². The zero-order valence-corrected chi connectivity index (χ0v) is 9.13. The average molecular weight is 243 g/mol. The molecule has 1 aromatic carbocycles. The van der Waals surface area contributed by atoms with Crippen LogP contribution in [0.1, 0.15) is 12.8 Å². The second kappa shape index (κ2) is 4.77. The predicted octanol–water partition coefficient (Wildman–Crippen LogP) is 2.52. The first-order valence-corrected chi connectivity index (χ1v) is 5.46. The van der Waals surface area contributed by atoms with Crippen LogP contribution in [0.4, 0.5) is 18.9 Å². The van der Waals surface area contributed by atoms with E-state index in [0.29, 0.717) is 32.0 Å². The Morgan fingerprint density at radius 2 is 1.65 bits per heavy atom. The van der Waals surface area contributed by atoms with E-state index >= 15 is 0 Å². The molecule has 1 fully saturated rings. The molecular weight excluding hydrogens is 231 g/mol. The maximum Gasteiger partial charge on any atom is 0.161 e.